The molecule has 0 amide bonds. The van der Waals surface area contributed by atoms with Crippen molar-refractivity contribution in [3.05, 3.63) is 168 Å². The molecule has 0 N–H and O–H groups in total. The molecule has 0 spiro atoms. The summed E-state index contributed by atoms with van der Waals surface area (Å²) in [6, 6.07) is 49.0. The standard InChI is InChI=1S/C41H39NO5S2/c1-5-15-30(16-6-1)25-43-29-35-37(44-26-31-17-7-2-8-18-31)38(45-27-32-19-9-3-10-20-32)39(46-28-33-21-11-4-12-22-33)40(47-35)49-41-42-34-23-13-14-24-36(34)48-41/h1-24,35,37-40H,25-29H2/t35-,37-,38+,39-,40+/m1/s1. The van der Waals surface area contributed by atoms with Gasteiger partial charge in [-0.3, -0.25) is 0 Å². The molecule has 1 aromatic heterocycles. The normalized spacial score (nSPS) is 20.8. The van der Waals surface area contributed by atoms with Crippen molar-refractivity contribution in [3.63, 3.8) is 0 Å². The Hall–Kier alpha value is -3.86. The van der Waals surface area contributed by atoms with Crippen molar-refractivity contribution in [2.24, 2.45) is 0 Å². The van der Waals surface area contributed by atoms with Gasteiger partial charge in [-0.15, -0.1) is 11.3 Å². The van der Waals surface area contributed by atoms with E-state index < -0.39 is 29.9 Å². The van der Waals surface area contributed by atoms with Crippen LogP contribution in [-0.4, -0.2) is 41.4 Å². The maximum absolute atomic E-state index is 6.98. The van der Waals surface area contributed by atoms with Crippen molar-refractivity contribution >= 4 is 33.3 Å². The van der Waals surface area contributed by atoms with Gasteiger partial charge in [0.1, 0.15) is 29.9 Å². The lowest BCUT2D eigenvalue weighted by Crippen LogP contribution is -2.60. The van der Waals surface area contributed by atoms with Crippen LogP contribution in [0, 0.1) is 0 Å². The van der Waals surface area contributed by atoms with E-state index in [0.717, 1.165) is 36.8 Å². The minimum Gasteiger partial charge on any atom is -0.374 e. The van der Waals surface area contributed by atoms with E-state index in [0.29, 0.717) is 33.0 Å². The third-order valence-electron chi connectivity index (χ3n) is 8.33. The van der Waals surface area contributed by atoms with E-state index in [1.54, 1.807) is 23.1 Å². The maximum Gasteiger partial charge on any atom is 0.153 e. The van der Waals surface area contributed by atoms with Crippen LogP contribution in [0.25, 0.3) is 10.2 Å². The molecule has 0 bridgehead atoms. The third kappa shape index (κ3) is 9.23. The smallest absolute Gasteiger partial charge is 0.153 e. The quantitative estimate of drug-likeness (QED) is 0.107. The van der Waals surface area contributed by atoms with Crippen molar-refractivity contribution in [2.75, 3.05) is 6.61 Å². The van der Waals surface area contributed by atoms with Gasteiger partial charge in [-0.25, -0.2) is 4.98 Å². The molecule has 8 heteroatoms. The van der Waals surface area contributed by atoms with Crippen molar-refractivity contribution in [2.45, 2.75) is 60.6 Å². The Bertz CT molecular complexity index is 1810. The number of fused-ring (bicyclic) bond motifs is 1. The van der Waals surface area contributed by atoms with E-state index in [2.05, 4.69) is 54.6 Å². The number of thiazole rings is 1. The van der Waals surface area contributed by atoms with Crippen molar-refractivity contribution in [1.82, 2.24) is 4.98 Å². The molecule has 250 valence electrons. The summed E-state index contributed by atoms with van der Waals surface area (Å²) in [4.78, 5) is 4.94. The van der Waals surface area contributed by atoms with Crippen LogP contribution in [0.2, 0.25) is 0 Å². The molecule has 1 saturated heterocycles. The van der Waals surface area contributed by atoms with Gasteiger partial charge >= 0.3 is 0 Å². The van der Waals surface area contributed by atoms with Gasteiger partial charge in [0.15, 0.2) is 4.34 Å². The van der Waals surface area contributed by atoms with E-state index in [4.69, 9.17) is 28.7 Å². The van der Waals surface area contributed by atoms with Gasteiger partial charge in [0, 0.05) is 0 Å². The third-order valence-corrected chi connectivity index (χ3v) is 10.6. The van der Waals surface area contributed by atoms with Crippen LogP contribution in [0.5, 0.6) is 0 Å². The van der Waals surface area contributed by atoms with Crippen LogP contribution in [0.4, 0.5) is 0 Å². The maximum atomic E-state index is 6.98. The highest BCUT2D eigenvalue weighted by Gasteiger charge is 2.49. The Kier molecular flexibility index (Phi) is 11.8. The molecule has 6 aromatic rings. The van der Waals surface area contributed by atoms with Gasteiger partial charge in [-0.1, -0.05) is 145 Å². The summed E-state index contributed by atoms with van der Waals surface area (Å²) in [5, 5.41) is 0. The van der Waals surface area contributed by atoms with Gasteiger partial charge in [0.05, 0.1) is 43.3 Å². The lowest BCUT2D eigenvalue weighted by Gasteiger charge is -2.45. The number of thioether (sulfide) groups is 1. The Morgan fingerprint density at radius 2 is 1.00 bits per heavy atom. The fourth-order valence-electron chi connectivity index (χ4n) is 5.84. The fourth-order valence-corrected chi connectivity index (χ4v) is 8.20. The number of rotatable bonds is 15. The zero-order valence-corrected chi connectivity index (χ0v) is 28.7. The Balaban J connectivity index is 1.21. The molecule has 0 radical (unpaired) electrons. The summed E-state index contributed by atoms with van der Waals surface area (Å²) in [7, 11) is 0. The predicted octanol–water partition coefficient (Wildman–Crippen LogP) is 9.09. The molecule has 0 unspecified atom stereocenters. The van der Waals surface area contributed by atoms with Crippen molar-refractivity contribution < 1.29 is 23.7 Å². The van der Waals surface area contributed by atoms with E-state index in [1.807, 2.05) is 91.0 Å². The second-order valence-electron chi connectivity index (χ2n) is 11.9. The first kappa shape index (κ1) is 33.6. The minimum atomic E-state index is -0.480. The number of nitrogens with zero attached hydrogens (tertiary/aromatic N) is 1. The van der Waals surface area contributed by atoms with Crippen LogP contribution < -0.4 is 0 Å². The number of aromatic nitrogens is 1. The lowest BCUT2D eigenvalue weighted by molar-refractivity contribution is -0.254. The first-order chi connectivity index (χ1) is 24.3. The van der Waals surface area contributed by atoms with Crippen LogP contribution in [0.15, 0.2) is 150 Å². The van der Waals surface area contributed by atoms with E-state index in [1.165, 1.54) is 0 Å². The molecular formula is C41H39NO5S2. The number of ether oxygens (including phenoxy) is 5. The van der Waals surface area contributed by atoms with Crippen LogP contribution >= 0.6 is 23.1 Å². The van der Waals surface area contributed by atoms with Crippen LogP contribution in [-0.2, 0) is 50.1 Å². The summed E-state index contributed by atoms with van der Waals surface area (Å²) in [6.07, 6.45) is -1.87. The summed E-state index contributed by atoms with van der Waals surface area (Å²) in [5.74, 6) is 0. The van der Waals surface area contributed by atoms with Gasteiger partial charge in [0.25, 0.3) is 0 Å². The molecule has 6 nitrogen and oxygen atoms in total. The van der Waals surface area contributed by atoms with Crippen molar-refractivity contribution in [3.8, 4) is 0 Å². The molecule has 0 aliphatic carbocycles. The Morgan fingerprint density at radius 1 is 0.531 bits per heavy atom. The monoisotopic (exact) mass is 689 g/mol. The molecule has 1 aliphatic rings. The summed E-state index contributed by atoms with van der Waals surface area (Å²) in [5.41, 5.74) is 4.85. The number of hydrogen-bond acceptors (Lipinski definition) is 8. The SMILES string of the molecule is c1ccc(COC[C@H]2O[C@@H](Sc3nc4ccccc4s3)[C@H](OCc3ccccc3)[C@@H](OCc3ccccc3)[C@@H]2OCc2ccccc2)cc1. The fraction of sp³-hybridized carbons (Fsp3) is 0.244. The zero-order chi connectivity index (χ0) is 33.1. The van der Waals surface area contributed by atoms with Gasteiger partial charge in [0.2, 0.25) is 0 Å². The molecular weight excluding hydrogens is 651 g/mol. The van der Waals surface area contributed by atoms with Crippen LogP contribution in [0.1, 0.15) is 22.3 Å². The second kappa shape index (κ2) is 17.2. The van der Waals surface area contributed by atoms with E-state index in [9.17, 15) is 0 Å². The highest BCUT2D eigenvalue weighted by molar-refractivity contribution is 8.01. The summed E-state index contributed by atoms with van der Waals surface area (Å²) < 4.78 is 35.8. The molecule has 49 heavy (non-hydrogen) atoms. The molecule has 5 aromatic carbocycles. The van der Waals surface area contributed by atoms with Crippen LogP contribution in [0.3, 0.4) is 0 Å². The molecule has 7 rings (SSSR count). The van der Waals surface area contributed by atoms with Gasteiger partial charge < -0.3 is 23.7 Å². The summed E-state index contributed by atoms with van der Waals surface area (Å²) >= 11 is 3.23. The average Bonchev–Trinajstić information content (AvgIpc) is 3.57. The lowest BCUT2D eigenvalue weighted by atomic mass is 9.98. The molecule has 1 fully saturated rings. The number of benzene rings is 5. The highest BCUT2D eigenvalue weighted by atomic mass is 32.2. The van der Waals surface area contributed by atoms with E-state index in [-0.39, 0.29) is 0 Å². The molecule has 0 saturated carbocycles. The minimum absolute atomic E-state index is 0.321. The number of para-hydroxylation sites is 1. The largest absolute Gasteiger partial charge is 0.374 e. The Labute approximate surface area is 296 Å². The molecule has 5 atom stereocenters. The Morgan fingerprint density at radius 3 is 1.55 bits per heavy atom. The first-order valence-electron chi connectivity index (χ1n) is 16.5. The highest BCUT2D eigenvalue weighted by Crippen LogP contribution is 2.40. The molecule has 2 heterocycles. The zero-order valence-electron chi connectivity index (χ0n) is 27.1. The van der Waals surface area contributed by atoms with Crippen molar-refractivity contribution in [1.29, 1.82) is 0 Å². The number of hydrogen-bond donors (Lipinski definition) is 0. The second-order valence-corrected chi connectivity index (χ2v) is 14.3. The van der Waals surface area contributed by atoms with Gasteiger partial charge in [-0.05, 0) is 34.4 Å². The first-order valence-corrected chi connectivity index (χ1v) is 18.2. The molecule has 1 aliphatic heterocycles. The van der Waals surface area contributed by atoms with Gasteiger partial charge in [-0.2, -0.15) is 0 Å². The van der Waals surface area contributed by atoms with E-state index >= 15 is 0 Å². The summed E-state index contributed by atoms with van der Waals surface area (Å²) in [6.45, 7) is 1.99. The average molecular weight is 690 g/mol. The topological polar surface area (TPSA) is 59.0 Å². The predicted molar refractivity (Wildman–Crippen MR) is 195 cm³/mol.